The maximum Gasteiger partial charge on any atom is 0.309 e. The van der Waals surface area contributed by atoms with Crippen LogP contribution in [0.1, 0.15) is 38.1 Å². The summed E-state index contributed by atoms with van der Waals surface area (Å²) in [6.07, 6.45) is 2.39. The van der Waals surface area contributed by atoms with E-state index in [9.17, 15) is 9.59 Å². The quantitative estimate of drug-likeness (QED) is 0.777. The van der Waals surface area contributed by atoms with Crippen LogP contribution in [0.5, 0.6) is 0 Å². The second-order valence-corrected chi connectivity index (χ2v) is 7.33. The van der Waals surface area contributed by atoms with Crippen LogP contribution in [0.3, 0.4) is 0 Å². The molecule has 1 amide bonds. The summed E-state index contributed by atoms with van der Waals surface area (Å²) in [5, 5.41) is 12.8. The molecule has 0 spiro atoms. The van der Waals surface area contributed by atoms with Crippen LogP contribution >= 0.6 is 11.3 Å². The minimum atomic E-state index is -0.845. The van der Waals surface area contributed by atoms with Crippen LogP contribution in [0.4, 0.5) is 0 Å². The standard InChI is InChI=1S/C17H22N2O3S/c1-17(2,16(21)22)10-11-18-14(20)8-5-9-15-19-12-6-3-4-7-13(12)23-15/h3-4,6-7H,5,8-11H2,1-2H3,(H,18,20)(H,21,22). The van der Waals surface area contributed by atoms with Crippen molar-refractivity contribution >= 4 is 33.4 Å². The van der Waals surface area contributed by atoms with E-state index in [1.807, 2.05) is 24.3 Å². The Labute approximate surface area is 139 Å². The second kappa shape index (κ2) is 7.55. The maximum absolute atomic E-state index is 11.8. The van der Waals surface area contributed by atoms with E-state index in [4.69, 9.17) is 5.11 Å². The van der Waals surface area contributed by atoms with E-state index in [2.05, 4.69) is 10.3 Å². The molecule has 1 aromatic carbocycles. The summed E-state index contributed by atoms with van der Waals surface area (Å²) in [5.41, 5.74) is 0.196. The topological polar surface area (TPSA) is 79.3 Å². The first-order chi connectivity index (χ1) is 10.9. The first-order valence-corrected chi connectivity index (χ1v) is 8.55. The lowest BCUT2D eigenvalue weighted by atomic mass is 9.90. The van der Waals surface area contributed by atoms with E-state index in [0.717, 1.165) is 23.4 Å². The highest BCUT2D eigenvalue weighted by molar-refractivity contribution is 7.18. The monoisotopic (exact) mass is 334 g/mol. The Bertz CT molecular complexity index is 661. The van der Waals surface area contributed by atoms with E-state index in [-0.39, 0.29) is 5.91 Å². The van der Waals surface area contributed by atoms with Crippen molar-refractivity contribution < 1.29 is 14.7 Å². The molecule has 0 aliphatic carbocycles. The molecule has 0 unspecified atom stereocenters. The fourth-order valence-electron chi connectivity index (χ4n) is 2.14. The van der Waals surface area contributed by atoms with Crippen LogP contribution in [-0.4, -0.2) is 28.5 Å². The first kappa shape index (κ1) is 17.4. The van der Waals surface area contributed by atoms with Gasteiger partial charge in [-0.2, -0.15) is 0 Å². The average molecular weight is 334 g/mol. The number of nitrogens with one attached hydrogen (secondary N) is 1. The zero-order valence-electron chi connectivity index (χ0n) is 13.5. The molecule has 2 aromatic rings. The number of nitrogens with zero attached hydrogens (tertiary/aromatic N) is 1. The Morgan fingerprint density at radius 1 is 1.30 bits per heavy atom. The number of para-hydroxylation sites is 1. The van der Waals surface area contributed by atoms with Crippen molar-refractivity contribution in [3.63, 3.8) is 0 Å². The molecule has 0 fully saturated rings. The molecule has 0 aliphatic rings. The summed E-state index contributed by atoms with van der Waals surface area (Å²) in [6, 6.07) is 8.01. The Hall–Kier alpha value is -1.95. The molecule has 1 heterocycles. The van der Waals surface area contributed by atoms with Crippen molar-refractivity contribution in [2.24, 2.45) is 5.41 Å². The Morgan fingerprint density at radius 3 is 2.74 bits per heavy atom. The van der Waals surface area contributed by atoms with E-state index >= 15 is 0 Å². The molecule has 2 rings (SSSR count). The van der Waals surface area contributed by atoms with E-state index in [1.54, 1.807) is 25.2 Å². The molecule has 0 saturated carbocycles. The van der Waals surface area contributed by atoms with Gasteiger partial charge in [-0.25, -0.2) is 4.98 Å². The minimum absolute atomic E-state index is 0.0349. The number of carbonyl (C=O) groups is 2. The van der Waals surface area contributed by atoms with Crippen molar-refractivity contribution in [3.8, 4) is 0 Å². The molecule has 0 bridgehead atoms. The number of aliphatic carboxylic acids is 1. The van der Waals surface area contributed by atoms with E-state index < -0.39 is 11.4 Å². The normalized spacial score (nSPS) is 11.6. The van der Waals surface area contributed by atoms with E-state index in [1.165, 1.54) is 4.70 Å². The van der Waals surface area contributed by atoms with Gasteiger partial charge in [0.2, 0.25) is 5.91 Å². The van der Waals surface area contributed by atoms with Crippen LogP contribution < -0.4 is 5.32 Å². The summed E-state index contributed by atoms with van der Waals surface area (Å²) in [4.78, 5) is 27.3. The van der Waals surface area contributed by atoms with Gasteiger partial charge in [0.25, 0.3) is 0 Å². The smallest absolute Gasteiger partial charge is 0.309 e. The number of carboxylic acid groups (broad SMARTS) is 1. The van der Waals surface area contributed by atoms with Crippen molar-refractivity contribution in [3.05, 3.63) is 29.3 Å². The summed E-state index contributed by atoms with van der Waals surface area (Å²) < 4.78 is 1.17. The number of benzene rings is 1. The Balaban J connectivity index is 1.69. The van der Waals surface area contributed by atoms with Crippen molar-refractivity contribution in [1.82, 2.24) is 10.3 Å². The fraction of sp³-hybridized carbons (Fsp3) is 0.471. The number of aryl methyl sites for hydroxylation is 1. The maximum atomic E-state index is 11.8. The van der Waals surface area contributed by atoms with Gasteiger partial charge >= 0.3 is 5.97 Å². The van der Waals surface area contributed by atoms with Gasteiger partial charge in [0, 0.05) is 13.0 Å². The van der Waals surface area contributed by atoms with Crippen molar-refractivity contribution in [2.45, 2.75) is 39.5 Å². The van der Waals surface area contributed by atoms with Crippen molar-refractivity contribution in [1.29, 1.82) is 0 Å². The van der Waals surface area contributed by atoms with E-state index in [0.29, 0.717) is 19.4 Å². The van der Waals surface area contributed by atoms with Gasteiger partial charge in [0.15, 0.2) is 0 Å². The zero-order chi connectivity index (χ0) is 16.9. The number of amides is 1. The van der Waals surface area contributed by atoms with Gasteiger partial charge < -0.3 is 10.4 Å². The third-order valence-corrected chi connectivity index (χ3v) is 4.88. The number of fused-ring (bicyclic) bond motifs is 1. The number of carboxylic acids is 1. The number of thiazole rings is 1. The molecule has 0 atom stereocenters. The highest BCUT2D eigenvalue weighted by Crippen LogP contribution is 2.22. The molecule has 0 saturated heterocycles. The number of hydrogen-bond acceptors (Lipinski definition) is 4. The number of carbonyl (C=O) groups excluding carboxylic acids is 1. The summed E-state index contributed by atoms with van der Waals surface area (Å²) in [5.74, 6) is -0.880. The van der Waals surface area contributed by atoms with Crippen LogP contribution in [0.15, 0.2) is 24.3 Å². The van der Waals surface area contributed by atoms with Crippen molar-refractivity contribution in [2.75, 3.05) is 6.54 Å². The molecule has 1 aromatic heterocycles. The molecular formula is C17H22N2O3S. The summed E-state index contributed by atoms with van der Waals surface area (Å²) >= 11 is 1.67. The number of rotatable bonds is 8. The molecular weight excluding hydrogens is 312 g/mol. The predicted octanol–water partition coefficient (Wildman–Crippen LogP) is 3.24. The molecule has 0 aliphatic heterocycles. The Kier molecular flexibility index (Phi) is 5.71. The summed E-state index contributed by atoms with van der Waals surface area (Å²) in [6.45, 7) is 3.71. The van der Waals surface area contributed by atoms with Crippen LogP contribution in [0.25, 0.3) is 10.2 Å². The number of aromatic nitrogens is 1. The van der Waals surface area contributed by atoms with Gasteiger partial charge in [-0.15, -0.1) is 11.3 Å². The van der Waals surface area contributed by atoms with Gasteiger partial charge in [-0.1, -0.05) is 12.1 Å². The minimum Gasteiger partial charge on any atom is -0.481 e. The van der Waals surface area contributed by atoms with Gasteiger partial charge in [0.1, 0.15) is 0 Å². The third-order valence-electron chi connectivity index (χ3n) is 3.78. The average Bonchev–Trinajstić information content (AvgIpc) is 2.89. The lowest BCUT2D eigenvalue weighted by Crippen LogP contribution is -2.31. The molecule has 2 N–H and O–H groups in total. The van der Waals surface area contributed by atoms with Crippen LogP contribution in [-0.2, 0) is 16.0 Å². The van der Waals surface area contributed by atoms with Crippen LogP contribution in [0, 0.1) is 5.41 Å². The lowest BCUT2D eigenvalue weighted by Gasteiger charge is -2.18. The Morgan fingerprint density at radius 2 is 2.04 bits per heavy atom. The molecule has 0 radical (unpaired) electrons. The van der Waals surface area contributed by atoms with Crippen LogP contribution in [0.2, 0.25) is 0 Å². The largest absolute Gasteiger partial charge is 0.481 e. The molecule has 124 valence electrons. The van der Waals surface area contributed by atoms with Gasteiger partial charge in [0.05, 0.1) is 20.6 Å². The SMILES string of the molecule is CC(C)(CCNC(=O)CCCc1nc2ccccc2s1)C(=O)O. The second-order valence-electron chi connectivity index (χ2n) is 6.22. The zero-order valence-corrected chi connectivity index (χ0v) is 14.3. The molecule has 6 heteroatoms. The highest BCUT2D eigenvalue weighted by Gasteiger charge is 2.26. The molecule has 5 nitrogen and oxygen atoms in total. The third kappa shape index (κ3) is 5.03. The number of hydrogen-bond donors (Lipinski definition) is 2. The molecule has 23 heavy (non-hydrogen) atoms. The fourth-order valence-corrected chi connectivity index (χ4v) is 3.15. The van der Waals surface area contributed by atoms with Gasteiger partial charge in [-0.05, 0) is 45.2 Å². The predicted molar refractivity (Wildman–Crippen MR) is 91.6 cm³/mol. The first-order valence-electron chi connectivity index (χ1n) is 7.73. The lowest BCUT2D eigenvalue weighted by molar-refractivity contribution is -0.147. The summed E-state index contributed by atoms with van der Waals surface area (Å²) in [7, 11) is 0. The highest BCUT2D eigenvalue weighted by atomic mass is 32.1. The van der Waals surface area contributed by atoms with Gasteiger partial charge in [-0.3, -0.25) is 9.59 Å².